The van der Waals surface area contributed by atoms with Gasteiger partial charge in [0.2, 0.25) is 11.7 Å². The van der Waals surface area contributed by atoms with Crippen LogP contribution in [0.15, 0.2) is 30.3 Å². The van der Waals surface area contributed by atoms with Crippen LogP contribution in [0.25, 0.3) is 11.4 Å². The summed E-state index contributed by atoms with van der Waals surface area (Å²) in [4.78, 5) is 13.5. The van der Waals surface area contributed by atoms with Crippen LogP contribution in [0, 0.1) is 0 Å². The molecule has 120 valence electrons. The monoisotopic (exact) mass is 324 g/mol. The van der Waals surface area contributed by atoms with E-state index in [0.29, 0.717) is 12.4 Å². The first-order valence-electron chi connectivity index (χ1n) is 6.80. The average molecular weight is 325 g/mol. The molecule has 2 aromatic rings. The van der Waals surface area contributed by atoms with E-state index in [1.807, 2.05) is 44.2 Å². The highest BCUT2D eigenvalue weighted by molar-refractivity contribution is 5.85. The summed E-state index contributed by atoms with van der Waals surface area (Å²) in [5.74, 6) is 0.302. The molecule has 0 aliphatic rings. The number of benzene rings is 1. The van der Waals surface area contributed by atoms with Crippen molar-refractivity contribution in [2.75, 3.05) is 6.54 Å². The number of aromatic nitrogens is 4. The van der Waals surface area contributed by atoms with Gasteiger partial charge in [-0.15, -0.1) is 22.6 Å². The number of nitrogens with zero attached hydrogens (tertiary/aromatic N) is 4. The third-order valence-corrected chi connectivity index (χ3v) is 3.16. The molecule has 7 nitrogen and oxygen atoms in total. The van der Waals surface area contributed by atoms with Gasteiger partial charge in [0.15, 0.2) is 0 Å². The van der Waals surface area contributed by atoms with Gasteiger partial charge >= 0.3 is 0 Å². The van der Waals surface area contributed by atoms with Gasteiger partial charge in [0.05, 0.1) is 0 Å². The van der Waals surface area contributed by atoms with Gasteiger partial charge < -0.3 is 11.1 Å². The van der Waals surface area contributed by atoms with Gasteiger partial charge in [-0.2, -0.15) is 4.80 Å². The number of nitrogens with one attached hydrogen (secondary N) is 1. The number of rotatable bonds is 5. The van der Waals surface area contributed by atoms with Gasteiger partial charge in [0.1, 0.15) is 6.04 Å². The molecule has 0 radical (unpaired) electrons. The molecule has 0 aliphatic heterocycles. The van der Waals surface area contributed by atoms with E-state index >= 15 is 0 Å². The molecule has 1 unspecified atom stereocenters. The van der Waals surface area contributed by atoms with E-state index in [9.17, 15) is 4.79 Å². The Balaban J connectivity index is 0.00000242. The van der Waals surface area contributed by atoms with E-state index < -0.39 is 11.6 Å². The minimum Gasteiger partial charge on any atom is -0.348 e. The normalized spacial score (nSPS) is 12.4. The minimum atomic E-state index is -0.555. The maximum atomic E-state index is 12.2. The Morgan fingerprint density at radius 3 is 2.59 bits per heavy atom. The average Bonchev–Trinajstić information content (AvgIpc) is 2.96. The number of carbonyl (C=O) groups is 1. The summed E-state index contributed by atoms with van der Waals surface area (Å²) in [6.45, 7) is 5.80. The van der Waals surface area contributed by atoms with Crippen LogP contribution in [0.3, 0.4) is 0 Å². The molecule has 0 saturated heterocycles. The van der Waals surface area contributed by atoms with Gasteiger partial charge in [-0.3, -0.25) is 4.79 Å². The van der Waals surface area contributed by atoms with Crippen molar-refractivity contribution in [2.24, 2.45) is 5.73 Å². The first-order chi connectivity index (χ1) is 9.93. The molecule has 2 rings (SSSR count). The second-order valence-electron chi connectivity index (χ2n) is 5.55. The van der Waals surface area contributed by atoms with E-state index in [-0.39, 0.29) is 18.3 Å². The lowest BCUT2D eigenvalue weighted by atomic mass is 10.1. The van der Waals surface area contributed by atoms with E-state index in [4.69, 9.17) is 5.73 Å². The molecule has 0 saturated carbocycles. The van der Waals surface area contributed by atoms with Gasteiger partial charge in [-0.1, -0.05) is 30.3 Å². The predicted molar refractivity (Wildman–Crippen MR) is 86.5 cm³/mol. The topological polar surface area (TPSA) is 98.7 Å². The third-order valence-electron chi connectivity index (χ3n) is 3.16. The summed E-state index contributed by atoms with van der Waals surface area (Å²) in [5.41, 5.74) is 6.00. The summed E-state index contributed by atoms with van der Waals surface area (Å²) in [6.07, 6.45) is 0. The first-order valence-corrected chi connectivity index (χ1v) is 6.80. The van der Waals surface area contributed by atoms with Gasteiger partial charge in [0.25, 0.3) is 0 Å². The zero-order valence-corrected chi connectivity index (χ0v) is 13.7. The number of amides is 1. The molecule has 8 heteroatoms. The predicted octanol–water partition coefficient (Wildman–Crippen LogP) is 1.18. The Kier molecular flexibility index (Phi) is 6.01. The third kappa shape index (κ3) is 4.25. The summed E-state index contributed by atoms with van der Waals surface area (Å²) in [6, 6.07) is 8.94. The highest BCUT2D eigenvalue weighted by Crippen LogP contribution is 2.14. The van der Waals surface area contributed by atoms with Gasteiger partial charge in [0, 0.05) is 17.6 Å². The lowest BCUT2D eigenvalue weighted by Gasteiger charge is -2.25. The van der Waals surface area contributed by atoms with Crippen molar-refractivity contribution >= 4 is 18.3 Å². The number of carbonyl (C=O) groups excluding carboxylic acids is 1. The van der Waals surface area contributed by atoms with Crippen molar-refractivity contribution < 1.29 is 4.79 Å². The standard InChI is InChI=1S/C14H20N6O.ClH/c1-10(13(21)16-14(2,3)9-15)20-18-12(17-19-20)11-7-5-4-6-8-11;/h4-8,10H,9,15H2,1-3H3,(H,16,21);1H. The Bertz CT molecular complexity index is 613. The highest BCUT2D eigenvalue weighted by Gasteiger charge is 2.24. The van der Waals surface area contributed by atoms with Crippen molar-refractivity contribution in [2.45, 2.75) is 32.4 Å². The van der Waals surface area contributed by atoms with E-state index in [1.54, 1.807) is 6.92 Å². The van der Waals surface area contributed by atoms with Crippen LogP contribution in [0.5, 0.6) is 0 Å². The molecule has 1 amide bonds. The summed E-state index contributed by atoms with van der Waals surface area (Å²) in [7, 11) is 0. The van der Waals surface area contributed by atoms with E-state index in [2.05, 4.69) is 20.7 Å². The van der Waals surface area contributed by atoms with Crippen molar-refractivity contribution in [1.29, 1.82) is 0 Å². The fourth-order valence-corrected chi connectivity index (χ4v) is 1.69. The minimum absolute atomic E-state index is 0. The Hall–Kier alpha value is -1.99. The maximum Gasteiger partial charge on any atom is 0.246 e. The zero-order valence-electron chi connectivity index (χ0n) is 12.9. The smallest absolute Gasteiger partial charge is 0.246 e. The Labute approximate surface area is 135 Å². The lowest BCUT2D eigenvalue weighted by molar-refractivity contribution is -0.126. The molecule has 1 atom stereocenters. The van der Waals surface area contributed by atoms with Crippen molar-refractivity contribution in [3.05, 3.63) is 30.3 Å². The molecule has 1 heterocycles. The first kappa shape index (κ1) is 18.1. The molecule has 0 fully saturated rings. The van der Waals surface area contributed by atoms with Crippen molar-refractivity contribution in [3.8, 4) is 11.4 Å². The summed E-state index contributed by atoms with van der Waals surface area (Å²) < 4.78 is 0. The number of tetrazole rings is 1. The molecule has 22 heavy (non-hydrogen) atoms. The second kappa shape index (κ2) is 7.33. The fourth-order valence-electron chi connectivity index (χ4n) is 1.69. The van der Waals surface area contributed by atoms with Crippen molar-refractivity contribution in [1.82, 2.24) is 25.5 Å². The van der Waals surface area contributed by atoms with Crippen LogP contribution in [-0.4, -0.2) is 38.2 Å². The van der Waals surface area contributed by atoms with Crippen LogP contribution >= 0.6 is 12.4 Å². The lowest BCUT2D eigenvalue weighted by Crippen LogP contribution is -2.50. The Morgan fingerprint density at radius 1 is 1.36 bits per heavy atom. The number of halogens is 1. The molecule has 1 aromatic heterocycles. The van der Waals surface area contributed by atoms with Crippen LogP contribution in [0.1, 0.15) is 26.8 Å². The molecule has 0 bridgehead atoms. The fraction of sp³-hybridized carbons (Fsp3) is 0.429. The Morgan fingerprint density at radius 2 is 2.00 bits per heavy atom. The van der Waals surface area contributed by atoms with E-state index in [1.165, 1.54) is 4.80 Å². The van der Waals surface area contributed by atoms with E-state index in [0.717, 1.165) is 5.56 Å². The number of hydrogen-bond donors (Lipinski definition) is 2. The second-order valence-corrected chi connectivity index (χ2v) is 5.55. The SMILES string of the molecule is CC(C(=O)NC(C)(C)CN)n1nnc(-c2ccccc2)n1.Cl. The van der Waals surface area contributed by atoms with Gasteiger partial charge in [-0.25, -0.2) is 0 Å². The molecule has 0 aliphatic carbocycles. The number of hydrogen-bond acceptors (Lipinski definition) is 5. The molecule has 3 N–H and O–H groups in total. The van der Waals surface area contributed by atoms with Crippen LogP contribution in [-0.2, 0) is 4.79 Å². The molecule has 0 spiro atoms. The van der Waals surface area contributed by atoms with Crippen LogP contribution in [0.4, 0.5) is 0 Å². The molecular formula is C14H21ClN6O. The summed E-state index contributed by atoms with van der Waals surface area (Å²) in [5, 5.41) is 15.1. The van der Waals surface area contributed by atoms with Crippen molar-refractivity contribution in [3.63, 3.8) is 0 Å². The largest absolute Gasteiger partial charge is 0.348 e. The van der Waals surface area contributed by atoms with Gasteiger partial charge in [-0.05, 0) is 26.0 Å². The zero-order chi connectivity index (χ0) is 15.5. The highest BCUT2D eigenvalue weighted by atomic mass is 35.5. The quantitative estimate of drug-likeness (QED) is 0.860. The number of nitrogens with two attached hydrogens (primary N) is 1. The van der Waals surface area contributed by atoms with Crippen LogP contribution in [0.2, 0.25) is 0 Å². The van der Waals surface area contributed by atoms with Crippen LogP contribution < -0.4 is 11.1 Å². The molecule has 1 aromatic carbocycles. The summed E-state index contributed by atoms with van der Waals surface area (Å²) >= 11 is 0. The molecular weight excluding hydrogens is 304 g/mol. The maximum absolute atomic E-state index is 12.2.